The van der Waals surface area contributed by atoms with E-state index < -0.39 is 18.5 Å². The Morgan fingerprint density at radius 3 is 1.93 bits per heavy atom. The molecule has 0 spiro atoms. The Morgan fingerprint density at radius 2 is 1.32 bits per heavy atom. The molecular weight excluding hydrogens is 354 g/mol. The molecule has 8 heteroatoms. The molecule has 1 aromatic heterocycles. The van der Waals surface area contributed by atoms with Gasteiger partial charge in [0.05, 0.1) is 11.2 Å². The van der Waals surface area contributed by atoms with E-state index in [0.717, 1.165) is 16.4 Å². The maximum Gasteiger partial charge on any atom is 0.770 e. The van der Waals surface area contributed by atoms with Gasteiger partial charge in [-0.05, 0) is 53.7 Å². The van der Waals surface area contributed by atoms with Crippen LogP contribution >= 0.6 is 0 Å². The monoisotopic (exact) mass is 379 g/mol. The number of rotatable bonds is 6. The van der Waals surface area contributed by atoms with Gasteiger partial charge in [-0.1, -0.05) is 30.3 Å². The number of furan rings is 1. The van der Waals surface area contributed by atoms with Crippen molar-refractivity contribution in [2.75, 3.05) is 0 Å². The first-order valence-electron chi connectivity index (χ1n) is 8.88. The number of hydrogen-bond acceptors (Lipinski definition) is 6. The van der Waals surface area contributed by atoms with Gasteiger partial charge in [0.1, 0.15) is 11.3 Å². The zero-order valence-corrected chi connectivity index (χ0v) is 17.6. The summed E-state index contributed by atoms with van der Waals surface area (Å²) in [5.74, 6) is 0.462. The zero-order chi connectivity index (χ0) is 19.7. The predicted octanol–water partition coefficient (Wildman–Crippen LogP) is 5.06. The second-order valence-electron chi connectivity index (χ2n) is 8.22. The third-order valence-electron chi connectivity index (χ3n) is 3.34. The van der Waals surface area contributed by atoms with Crippen molar-refractivity contribution < 1.29 is 28.5 Å². The molecule has 0 atom stereocenters. The first kappa shape index (κ1) is 22.8. The SMILES string of the molecule is CC(C)(C)OOB(OOC(C)(C)C)Oc1cccc2c1oc1ccccc12.[Li]. The van der Waals surface area contributed by atoms with Gasteiger partial charge in [0.25, 0.3) is 0 Å². The fourth-order valence-corrected chi connectivity index (χ4v) is 2.34. The Kier molecular flexibility index (Phi) is 7.27. The van der Waals surface area contributed by atoms with Gasteiger partial charge in [-0.2, -0.15) is 0 Å². The largest absolute Gasteiger partial charge is 0.770 e. The summed E-state index contributed by atoms with van der Waals surface area (Å²) >= 11 is 0. The van der Waals surface area contributed by atoms with Crippen molar-refractivity contribution in [3.05, 3.63) is 42.5 Å². The minimum absolute atomic E-state index is 0. The Balaban J connectivity index is 0.00000280. The topological polar surface area (TPSA) is 59.3 Å². The minimum atomic E-state index is -1.23. The summed E-state index contributed by atoms with van der Waals surface area (Å²) in [6.07, 6.45) is 0. The average molecular weight is 379 g/mol. The van der Waals surface area contributed by atoms with Crippen molar-refractivity contribution in [3.63, 3.8) is 0 Å². The van der Waals surface area contributed by atoms with Gasteiger partial charge in [-0.15, -0.1) is 0 Å². The summed E-state index contributed by atoms with van der Waals surface area (Å²) < 4.78 is 11.8. The van der Waals surface area contributed by atoms with Crippen molar-refractivity contribution in [3.8, 4) is 5.75 Å². The van der Waals surface area contributed by atoms with Gasteiger partial charge in [0.15, 0.2) is 5.58 Å². The van der Waals surface area contributed by atoms with Crippen LogP contribution in [0.1, 0.15) is 41.5 Å². The molecule has 0 saturated heterocycles. The van der Waals surface area contributed by atoms with Crippen molar-refractivity contribution >= 4 is 48.1 Å². The van der Waals surface area contributed by atoms with Gasteiger partial charge in [-0.3, -0.25) is 0 Å². The van der Waals surface area contributed by atoms with Crippen LogP contribution in [0.5, 0.6) is 5.75 Å². The van der Waals surface area contributed by atoms with Crippen LogP contribution in [0.2, 0.25) is 0 Å². The Hall–Kier alpha value is -1.46. The number of hydrogen-bond donors (Lipinski definition) is 0. The second kappa shape index (κ2) is 8.91. The summed E-state index contributed by atoms with van der Waals surface area (Å²) in [5, 5.41) is 1.95. The van der Waals surface area contributed by atoms with E-state index in [9.17, 15) is 0 Å². The number of benzene rings is 2. The molecule has 0 bridgehead atoms. The van der Waals surface area contributed by atoms with Crippen molar-refractivity contribution in [2.45, 2.75) is 52.7 Å². The van der Waals surface area contributed by atoms with Crippen LogP contribution in [-0.4, -0.2) is 37.4 Å². The quantitative estimate of drug-likeness (QED) is 0.339. The molecule has 0 aliphatic rings. The maximum atomic E-state index is 5.96. The molecule has 2 aromatic carbocycles. The van der Waals surface area contributed by atoms with E-state index in [4.69, 9.17) is 28.5 Å². The molecular formula is C20H25BLiO6. The van der Waals surface area contributed by atoms with Gasteiger partial charge in [0, 0.05) is 29.6 Å². The molecule has 145 valence electrons. The molecule has 3 aromatic rings. The Bertz CT molecular complexity index is 894. The molecule has 0 aliphatic heterocycles. The van der Waals surface area contributed by atoms with E-state index in [-0.39, 0.29) is 18.9 Å². The first-order chi connectivity index (χ1) is 12.6. The van der Waals surface area contributed by atoms with Gasteiger partial charge >= 0.3 is 7.32 Å². The summed E-state index contributed by atoms with van der Waals surface area (Å²) in [7, 11) is -1.23. The Morgan fingerprint density at radius 1 is 0.750 bits per heavy atom. The molecule has 28 heavy (non-hydrogen) atoms. The summed E-state index contributed by atoms with van der Waals surface area (Å²) in [6.45, 7) is 11.1. The van der Waals surface area contributed by atoms with Crippen molar-refractivity contribution in [1.29, 1.82) is 0 Å². The van der Waals surface area contributed by atoms with Crippen molar-refractivity contribution in [2.24, 2.45) is 0 Å². The smallest absolute Gasteiger partial charge is 0.506 e. The molecule has 0 saturated carbocycles. The van der Waals surface area contributed by atoms with Crippen LogP contribution in [0.25, 0.3) is 21.9 Å². The van der Waals surface area contributed by atoms with Crippen LogP contribution in [0.15, 0.2) is 46.9 Å². The number of fused-ring (bicyclic) bond motifs is 3. The predicted molar refractivity (Wildman–Crippen MR) is 110 cm³/mol. The molecule has 0 aliphatic carbocycles. The molecule has 1 heterocycles. The zero-order valence-electron chi connectivity index (χ0n) is 17.6. The van der Waals surface area contributed by atoms with E-state index in [0.29, 0.717) is 11.3 Å². The van der Waals surface area contributed by atoms with Gasteiger partial charge in [0.2, 0.25) is 0 Å². The molecule has 1 radical (unpaired) electrons. The fourth-order valence-electron chi connectivity index (χ4n) is 2.34. The van der Waals surface area contributed by atoms with Crippen LogP contribution in [0.4, 0.5) is 0 Å². The Labute approximate surface area is 177 Å². The van der Waals surface area contributed by atoms with Crippen LogP contribution in [0.3, 0.4) is 0 Å². The number of para-hydroxylation sites is 2. The van der Waals surface area contributed by atoms with Crippen molar-refractivity contribution in [1.82, 2.24) is 0 Å². The fraction of sp³-hybridized carbons (Fsp3) is 0.400. The van der Waals surface area contributed by atoms with Crippen LogP contribution in [0, 0.1) is 0 Å². The molecule has 3 rings (SSSR count). The standard InChI is InChI=1S/C20H25BO6.Li/c1-19(2,3)24-26-21(27-25-20(4,5)6)23-17-13-9-11-15-14-10-7-8-12-16(14)22-18(15)17;/h7-13H,1-6H3;. The summed E-state index contributed by atoms with van der Waals surface area (Å²) in [6, 6.07) is 13.4. The van der Waals surface area contributed by atoms with E-state index in [2.05, 4.69) is 0 Å². The summed E-state index contributed by atoms with van der Waals surface area (Å²) in [4.78, 5) is 21.3. The average Bonchev–Trinajstić information content (AvgIpc) is 2.95. The van der Waals surface area contributed by atoms with Gasteiger partial charge in [-0.25, -0.2) is 19.4 Å². The van der Waals surface area contributed by atoms with Crippen LogP contribution in [-0.2, 0) is 19.4 Å². The van der Waals surface area contributed by atoms with E-state index in [1.807, 2.05) is 77.9 Å². The molecule has 6 nitrogen and oxygen atoms in total. The molecule has 0 N–H and O–H groups in total. The van der Waals surface area contributed by atoms with E-state index in [1.54, 1.807) is 6.07 Å². The third kappa shape index (κ3) is 6.02. The van der Waals surface area contributed by atoms with Crippen LogP contribution < -0.4 is 4.65 Å². The molecule has 0 amide bonds. The van der Waals surface area contributed by atoms with E-state index >= 15 is 0 Å². The normalized spacial score (nSPS) is 12.2. The molecule has 0 fully saturated rings. The third-order valence-corrected chi connectivity index (χ3v) is 3.34. The van der Waals surface area contributed by atoms with Gasteiger partial charge < -0.3 is 9.07 Å². The maximum absolute atomic E-state index is 5.96. The molecule has 0 unspecified atom stereocenters. The second-order valence-corrected chi connectivity index (χ2v) is 8.22. The first-order valence-corrected chi connectivity index (χ1v) is 8.88. The summed E-state index contributed by atoms with van der Waals surface area (Å²) in [5.41, 5.74) is 0.289. The van der Waals surface area contributed by atoms with E-state index in [1.165, 1.54) is 0 Å². The minimum Gasteiger partial charge on any atom is -0.506 e.